The number of rotatable bonds is 7. The van der Waals surface area contributed by atoms with Gasteiger partial charge in [0.05, 0.1) is 21.6 Å². The van der Waals surface area contributed by atoms with E-state index in [9.17, 15) is 33.0 Å². The molecule has 3 aromatic carbocycles. The predicted molar refractivity (Wildman–Crippen MR) is 108 cm³/mol. The zero-order valence-corrected chi connectivity index (χ0v) is 16.7. The van der Waals surface area contributed by atoms with Crippen molar-refractivity contribution >= 4 is 27.1 Å². The first-order valence-electron chi connectivity index (χ1n) is 8.55. The number of benzene rings is 3. The van der Waals surface area contributed by atoms with Crippen LogP contribution in [0.1, 0.15) is 0 Å². The third-order valence-corrected chi connectivity index (χ3v) is 6.07. The molecule has 3 rings (SSSR count). The Balaban J connectivity index is 1.87. The first kappa shape index (κ1) is 21.6. The SMILES string of the molecule is CN(c1ccc(Oc2ccc([N+](=O)[O-])cc2[N+](=O)[O-])cc1)S(=O)(=O)c1ccccc1F. The van der Waals surface area contributed by atoms with Gasteiger partial charge in [0.1, 0.15) is 16.5 Å². The van der Waals surface area contributed by atoms with E-state index >= 15 is 0 Å². The molecule has 0 aromatic heterocycles. The van der Waals surface area contributed by atoms with Crippen LogP contribution in [0.25, 0.3) is 0 Å². The summed E-state index contributed by atoms with van der Waals surface area (Å²) in [5.74, 6) is -0.993. The Labute approximate surface area is 175 Å². The van der Waals surface area contributed by atoms with Crippen molar-refractivity contribution in [1.82, 2.24) is 0 Å². The van der Waals surface area contributed by atoms with Crippen molar-refractivity contribution in [3.05, 3.63) is 92.8 Å². The molecule has 0 fully saturated rings. The molecule has 10 nitrogen and oxygen atoms in total. The molecule has 0 aliphatic heterocycles. The first-order chi connectivity index (χ1) is 14.6. The summed E-state index contributed by atoms with van der Waals surface area (Å²) in [6.45, 7) is 0. The van der Waals surface area contributed by atoms with E-state index in [1.54, 1.807) is 0 Å². The molecule has 0 amide bonds. The Bertz CT molecular complexity index is 1260. The van der Waals surface area contributed by atoms with Gasteiger partial charge in [-0.1, -0.05) is 12.1 Å². The fraction of sp³-hybridized carbons (Fsp3) is 0.0526. The normalized spacial score (nSPS) is 11.0. The second kappa shape index (κ2) is 8.36. The van der Waals surface area contributed by atoms with Crippen molar-refractivity contribution in [1.29, 1.82) is 0 Å². The third kappa shape index (κ3) is 4.43. The van der Waals surface area contributed by atoms with E-state index in [1.807, 2.05) is 0 Å². The summed E-state index contributed by atoms with van der Waals surface area (Å²) in [7, 11) is -2.91. The molecule has 0 unspecified atom stereocenters. The lowest BCUT2D eigenvalue weighted by atomic mass is 10.2. The summed E-state index contributed by atoms with van der Waals surface area (Å²) in [5.41, 5.74) is -0.874. The molecule has 0 spiro atoms. The van der Waals surface area contributed by atoms with Gasteiger partial charge in [-0.3, -0.25) is 24.5 Å². The highest BCUT2D eigenvalue weighted by Gasteiger charge is 2.25. The van der Waals surface area contributed by atoms with Gasteiger partial charge in [-0.25, -0.2) is 12.8 Å². The van der Waals surface area contributed by atoms with Gasteiger partial charge in [0.15, 0.2) is 0 Å². The number of nitro benzene ring substituents is 2. The fourth-order valence-electron chi connectivity index (χ4n) is 2.64. The van der Waals surface area contributed by atoms with Crippen LogP contribution in [-0.4, -0.2) is 25.3 Å². The molecule has 31 heavy (non-hydrogen) atoms. The molecular formula is C19H14FN3O7S. The van der Waals surface area contributed by atoms with Gasteiger partial charge < -0.3 is 4.74 Å². The van der Waals surface area contributed by atoms with Gasteiger partial charge in [0.25, 0.3) is 15.7 Å². The molecule has 0 heterocycles. The van der Waals surface area contributed by atoms with Crippen molar-refractivity contribution in [2.75, 3.05) is 11.4 Å². The minimum Gasteiger partial charge on any atom is -0.450 e. The molecule has 0 aliphatic rings. The molecule has 12 heteroatoms. The summed E-state index contributed by atoms with van der Waals surface area (Å²) in [4.78, 5) is 20.0. The Hall–Kier alpha value is -4.06. The lowest BCUT2D eigenvalue weighted by molar-refractivity contribution is -0.394. The third-order valence-electron chi connectivity index (χ3n) is 4.25. The van der Waals surface area contributed by atoms with Crippen LogP contribution in [0.3, 0.4) is 0 Å². The van der Waals surface area contributed by atoms with E-state index in [0.717, 1.165) is 34.6 Å². The average Bonchev–Trinajstić information content (AvgIpc) is 2.74. The van der Waals surface area contributed by atoms with Crippen molar-refractivity contribution in [2.24, 2.45) is 0 Å². The largest absolute Gasteiger partial charge is 0.450 e. The van der Waals surface area contributed by atoms with E-state index in [4.69, 9.17) is 4.74 Å². The maximum atomic E-state index is 13.9. The number of nitrogens with zero attached hydrogens (tertiary/aromatic N) is 3. The lowest BCUT2D eigenvalue weighted by Crippen LogP contribution is -2.27. The number of hydrogen-bond acceptors (Lipinski definition) is 7. The summed E-state index contributed by atoms with van der Waals surface area (Å²) < 4.78 is 45.6. The molecule has 0 saturated heterocycles. The molecule has 0 aliphatic carbocycles. The van der Waals surface area contributed by atoms with Crippen LogP contribution in [0.2, 0.25) is 0 Å². The molecule has 0 atom stereocenters. The molecular weight excluding hydrogens is 433 g/mol. The minimum absolute atomic E-state index is 0.123. The van der Waals surface area contributed by atoms with Gasteiger partial charge in [0.2, 0.25) is 5.75 Å². The van der Waals surface area contributed by atoms with Gasteiger partial charge in [-0.15, -0.1) is 0 Å². The second-order valence-corrected chi connectivity index (χ2v) is 8.10. The summed E-state index contributed by atoms with van der Waals surface area (Å²) in [5, 5.41) is 22.0. The molecule has 0 saturated carbocycles. The van der Waals surface area contributed by atoms with Crippen molar-refractivity contribution < 1.29 is 27.4 Å². The van der Waals surface area contributed by atoms with Crippen molar-refractivity contribution in [3.8, 4) is 11.5 Å². The maximum absolute atomic E-state index is 13.9. The quantitative estimate of drug-likeness (QED) is 0.390. The second-order valence-electron chi connectivity index (χ2n) is 6.17. The summed E-state index contributed by atoms with van der Waals surface area (Å²) in [6.07, 6.45) is 0. The molecule has 0 bridgehead atoms. The first-order valence-corrected chi connectivity index (χ1v) is 9.99. The van der Waals surface area contributed by atoms with Crippen LogP contribution in [0.5, 0.6) is 11.5 Å². The summed E-state index contributed by atoms with van der Waals surface area (Å²) >= 11 is 0. The topological polar surface area (TPSA) is 133 Å². The number of anilines is 1. The van der Waals surface area contributed by atoms with E-state index in [-0.39, 0.29) is 17.2 Å². The monoisotopic (exact) mass is 447 g/mol. The highest BCUT2D eigenvalue weighted by atomic mass is 32.2. The predicted octanol–water partition coefficient (Wildman–Crippen LogP) is 4.26. The zero-order valence-electron chi connectivity index (χ0n) is 15.8. The van der Waals surface area contributed by atoms with E-state index in [0.29, 0.717) is 0 Å². The fourth-order valence-corrected chi connectivity index (χ4v) is 3.90. The zero-order chi connectivity index (χ0) is 22.8. The lowest BCUT2D eigenvalue weighted by Gasteiger charge is -2.20. The van der Waals surface area contributed by atoms with Gasteiger partial charge in [0, 0.05) is 13.1 Å². The van der Waals surface area contributed by atoms with Crippen LogP contribution < -0.4 is 9.04 Å². The number of sulfonamides is 1. The highest BCUT2D eigenvalue weighted by molar-refractivity contribution is 7.92. The van der Waals surface area contributed by atoms with Crippen LogP contribution in [0, 0.1) is 26.0 Å². The number of ether oxygens (including phenoxy) is 1. The van der Waals surface area contributed by atoms with Crippen LogP contribution >= 0.6 is 0 Å². The average molecular weight is 447 g/mol. The van der Waals surface area contributed by atoms with Crippen LogP contribution in [0.4, 0.5) is 21.5 Å². The molecule has 160 valence electrons. The van der Waals surface area contributed by atoms with Gasteiger partial charge in [-0.2, -0.15) is 0 Å². The van der Waals surface area contributed by atoms with E-state index in [2.05, 4.69) is 0 Å². The minimum atomic E-state index is -4.16. The summed E-state index contributed by atoms with van der Waals surface area (Å²) in [6, 6.07) is 13.3. The number of nitro groups is 2. The molecule has 0 radical (unpaired) electrons. The van der Waals surface area contributed by atoms with Gasteiger partial charge in [-0.05, 0) is 42.5 Å². The van der Waals surface area contributed by atoms with Crippen molar-refractivity contribution in [2.45, 2.75) is 4.90 Å². The number of hydrogen-bond donors (Lipinski definition) is 0. The number of non-ortho nitro benzene ring substituents is 1. The Morgan fingerprint density at radius 2 is 1.58 bits per heavy atom. The van der Waals surface area contributed by atoms with Gasteiger partial charge >= 0.3 is 5.69 Å². The van der Waals surface area contributed by atoms with Crippen LogP contribution in [-0.2, 0) is 10.0 Å². The Kier molecular flexibility index (Phi) is 5.83. The van der Waals surface area contributed by atoms with E-state index in [1.165, 1.54) is 43.4 Å². The molecule has 3 aromatic rings. The number of halogens is 1. The van der Waals surface area contributed by atoms with Crippen LogP contribution in [0.15, 0.2) is 71.6 Å². The molecule has 0 N–H and O–H groups in total. The smallest absolute Gasteiger partial charge is 0.318 e. The Morgan fingerprint density at radius 3 is 2.16 bits per heavy atom. The van der Waals surface area contributed by atoms with E-state index < -0.39 is 42.0 Å². The maximum Gasteiger partial charge on any atom is 0.318 e. The highest BCUT2D eigenvalue weighted by Crippen LogP contribution is 2.35. The Morgan fingerprint density at radius 1 is 0.935 bits per heavy atom. The standard InChI is InChI=1S/C19H14FN3O7S/c1-21(31(28,29)19-5-3-2-4-16(19)20)13-6-9-15(10-7-13)30-18-11-8-14(22(24)25)12-17(18)23(26)27/h2-12H,1H3. The van der Waals surface area contributed by atoms with Crippen molar-refractivity contribution in [3.63, 3.8) is 0 Å².